The molecule has 0 amide bonds. The summed E-state index contributed by atoms with van der Waals surface area (Å²) in [5, 5.41) is 11.9. The summed E-state index contributed by atoms with van der Waals surface area (Å²) >= 11 is 5.31. The van der Waals surface area contributed by atoms with Crippen LogP contribution in [0.15, 0.2) is 26.8 Å². The monoisotopic (exact) mass is 316 g/mol. The molecule has 0 heterocycles. The van der Waals surface area contributed by atoms with Crippen LogP contribution in [0.5, 0.6) is 5.75 Å². The van der Waals surface area contributed by atoms with E-state index in [-0.39, 0.29) is 0 Å². The van der Waals surface area contributed by atoms with E-state index in [2.05, 4.69) is 53.7 Å². The normalized spacial score (nSPS) is 11.8. The van der Waals surface area contributed by atoms with Gasteiger partial charge in [0.1, 0.15) is 5.75 Å². The van der Waals surface area contributed by atoms with Gasteiger partial charge in [-0.2, -0.15) is 0 Å². The zero-order chi connectivity index (χ0) is 14.6. The van der Waals surface area contributed by atoms with Gasteiger partial charge in [-0.15, -0.1) is 35.3 Å². The Morgan fingerprint density at radius 1 is 0.737 bits per heavy atom. The highest BCUT2D eigenvalue weighted by Crippen LogP contribution is 2.43. The third-order valence-electron chi connectivity index (χ3n) is 2.11. The van der Waals surface area contributed by atoms with Crippen molar-refractivity contribution in [2.75, 3.05) is 0 Å². The second-order valence-corrected chi connectivity index (χ2v) is 10.2. The molecule has 0 aliphatic heterocycles. The molecule has 0 fully saturated rings. The summed E-state index contributed by atoms with van der Waals surface area (Å²) in [4.78, 5) is 3.26. The lowest BCUT2D eigenvalue weighted by Gasteiger charge is -2.15. The number of phenolic OH excluding ortho intramolecular Hbond substituents is 1. The molecule has 0 aromatic heterocycles. The molecular formula is C15H24OS3. The fraction of sp³-hybridized carbons (Fsp3) is 0.600. The summed E-state index contributed by atoms with van der Waals surface area (Å²) in [6, 6.07) is 4.24. The summed E-state index contributed by atoms with van der Waals surface area (Å²) in [5.74, 6) is 0.450. The Morgan fingerprint density at radius 3 is 1.42 bits per heavy atom. The van der Waals surface area contributed by atoms with E-state index in [1.54, 1.807) is 23.5 Å². The van der Waals surface area contributed by atoms with Crippen LogP contribution < -0.4 is 0 Å². The minimum absolute atomic E-state index is 0.450. The summed E-state index contributed by atoms with van der Waals surface area (Å²) in [6.45, 7) is 13.0. The largest absolute Gasteiger partial charge is 0.506 e. The molecule has 4 heteroatoms. The van der Waals surface area contributed by atoms with Crippen molar-refractivity contribution in [3.05, 3.63) is 12.1 Å². The van der Waals surface area contributed by atoms with Crippen molar-refractivity contribution in [1.29, 1.82) is 0 Å². The third-order valence-corrected chi connectivity index (χ3v) is 5.16. The lowest BCUT2D eigenvalue weighted by Crippen LogP contribution is -1.93. The maximum Gasteiger partial charge on any atom is 0.142 e. The Balaban J connectivity index is 3.13. The zero-order valence-corrected chi connectivity index (χ0v) is 15.0. The SMILES string of the molecule is CC(C)Sc1cc(SC(C)C)c(O)c(SC(C)C)c1. The molecular weight excluding hydrogens is 292 g/mol. The number of rotatable bonds is 6. The van der Waals surface area contributed by atoms with Crippen LogP contribution in [0.2, 0.25) is 0 Å². The summed E-state index contributed by atoms with van der Waals surface area (Å²) in [5.41, 5.74) is 0. The molecule has 108 valence electrons. The summed E-state index contributed by atoms with van der Waals surface area (Å²) in [7, 11) is 0. The van der Waals surface area contributed by atoms with Gasteiger partial charge in [0.05, 0.1) is 9.79 Å². The van der Waals surface area contributed by atoms with Gasteiger partial charge in [0.2, 0.25) is 0 Å². The van der Waals surface area contributed by atoms with Crippen molar-refractivity contribution < 1.29 is 5.11 Å². The molecule has 0 radical (unpaired) electrons. The van der Waals surface area contributed by atoms with Crippen LogP contribution in [0.1, 0.15) is 41.5 Å². The smallest absolute Gasteiger partial charge is 0.142 e. The van der Waals surface area contributed by atoms with E-state index >= 15 is 0 Å². The molecule has 1 N–H and O–H groups in total. The molecule has 0 unspecified atom stereocenters. The first-order chi connectivity index (χ1) is 8.79. The molecule has 1 rings (SSSR count). The number of hydrogen-bond donors (Lipinski definition) is 1. The van der Waals surface area contributed by atoms with Crippen molar-refractivity contribution in [2.45, 2.75) is 72.0 Å². The highest BCUT2D eigenvalue weighted by molar-refractivity contribution is 8.01. The minimum atomic E-state index is 0.450. The van der Waals surface area contributed by atoms with Gasteiger partial charge in [0.25, 0.3) is 0 Å². The van der Waals surface area contributed by atoms with Gasteiger partial charge in [-0.1, -0.05) is 41.5 Å². The third kappa shape index (κ3) is 5.92. The molecule has 0 saturated heterocycles. The van der Waals surface area contributed by atoms with E-state index in [0.717, 1.165) is 9.79 Å². The summed E-state index contributed by atoms with van der Waals surface area (Å²) < 4.78 is 0. The highest BCUT2D eigenvalue weighted by atomic mass is 32.2. The van der Waals surface area contributed by atoms with Gasteiger partial charge >= 0.3 is 0 Å². The average molecular weight is 317 g/mol. The van der Waals surface area contributed by atoms with Crippen LogP contribution in [0.4, 0.5) is 0 Å². The second-order valence-electron chi connectivity index (χ2n) is 5.27. The number of hydrogen-bond acceptors (Lipinski definition) is 4. The Labute approximate surface area is 130 Å². The molecule has 1 nitrogen and oxygen atoms in total. The molecule has 0 aliphatic carbocycles. The van der Waals surface area contributed by atoms with Crippen LogP contribution >= 0.6 is 35.3 Å². The Morgan fingerprint density at radius 2 is 1.11 bits per heavy atom. The van der Waals surface area contributed by atoms with Crippen molar-refractivity contribution >= 4 is 35.3 Å². The Bertz CT molecular complexity index is 383. The van der Waals surface area contributed by atoms with Gasteiger partial charge < -0.3 is 5.11 Å². The molecule has 0 saturated carbocycles. The molecule has 0 atom stereocenters. The minimum Gasteiger partial charge on any atom is -0.506 e. The van der Waals surface area contributed by atoms with Gasteiger partial charge in [0, 0.05) is 20.6 Å². The predicted octanol–water partition coefficient (Wildman–Crippen LogP) is 5.89. The van der Waals surface area contributed by atoms with Crippen molar-refractivity contribution in [3.8, 4) is 5.75 Å². The van der Waals surface area contributed by atoms with Crippen LogP contribution in [0.3, 0.4) is 0 Å². The van der Waals surface area contributed by atoms with Gasteiger partial charge in [-0.25, -0.2) is 0 Å². The highest BCUT2D eigenvalue weighted by Gasteiger charge is 2.14. The Hall–Kier alpha value is 0.0700. The van der Waals surface area contributed by atoms with Gasteiger partial charge in [0.15, 0.2) is 0 Å². The molecule has 0 spiro atoms. The second kappa shape index (κ2) is 7.75. The standard InChI is InChI=1S/C15H24OS3/c1-9(2)17-12-7-13(18-10(3)4)15(16)14(8-12)19-11(5)6/h7-11,16H,1-6H3. The van der Waals surface area contributed by atoms with Crippen LogP contribution in [0, 0.1) is 0 Å². The van der Waals surface area contributed by atoms with E-state index in [9.17, 15) is 5.11 Å². The number of benzene rings is 1. The fourth-order valence-corrected chi connectivity index (χ4v) is 4.56. The first kappa shape index (κ1) is 17.1. The predicted molar refractivity (Wildman–Crippen MR) is 91.1 cm³/mol. The molecule has 0 bridgehead atoms. The van der Waals surface area contributed by atoms with Crippen molar-refractivity contribution in [1.82, 2.24) is 0 Å². The van der Waals surface area contributed by atoms with Crippen molar-refractivity contribution in [2.24, 2.45) is 0 Å². The fourth-order valence-electron chi connectivity index (χ4n) is 1.59. The molecule has 0 aliphatic rings. The van der Waals surface area contributed by atoms with E-state index in [1.807, 2.05) is 11.8 Å². The van der Waals surface area contributed by atoms with Gasteiger partial charge in [-0.05, 0) is 12.1 Å². The van der Waals surface area contributed by atoms with E-state index in [0.29, 0.717) is 21.5 Å². The number of thioether (sulfide) groups is 3. The summed E-state index contributed by atoms with van der Waals surface area (Å²) in [6.07, 6.45) is 0. The van der Waals surface area contributed by atoms with E-state index in [1.165, 1.54) is 4.90 Å². The average Bonchev–Trinajstić information content (AvgIpc) is 2.22. The van der Waals surface area contributed by atoms with Gasteiger partial charge in [-0.3, -0.25) is 0 Å². The number of aromatic hydroxyl groups is 1. The first-order valence-electron chi connectivity index (χ1n) is 6.66. The first-order valence-corrected chi connectivity index (χ1v) is 9.30. The van der Waals surface area contributed by atoms with Crippen LogP contribution in [-0.4, -0.2) is 20.9 Å². The molecule has 19 heavy (non-hydrogen) atoms. The van der Waals surface area contributed by atoms with E-state index < -0.39 is 0 Å². The van der Waals surface area contributed by atoms with Crippen LogP contribution in [-0.2, 0) is 0 Å². The lowest BCUT2D eigenvalue weighted by atomic mass is 10.3. The van der Waals surface area contributed by atoms with E-state index in [4.69, 9.17) is 0 Å². The molecule has 1 aromatic carbocycles. The molecule has 1 aromatic rings. The van der Waals surface area contributed by atoms with Crippen LogP contribution in [0.25, 0.3) is 0 Å². The maximum absolute atomic E-state index is 10.4. The number of phenols is 1. The Kier molecular flexibility index (Phi) is 6.98. The quantitative estimate of drug-likeness (QED) is 0.659. The zero-order valence-electron chi connectivity index (χ0n) is 12.6. The lowest BCUT2D eigenvalue weighted by molar-refractivity contribution is 0.448. The maximum atomic E-state index is 10.4. The van der Waals surface area contributed by atoms with Crippen molar-refractivity contribution in [3.63, 3.8) is 0 Å². The topological polar surface area (TPSA) is 20.2 Å².